The van der Waals surface area contributed by atoms with Gasteiger partial charge in [0.2, 0.25) is 5.91 Å². The van der Waals surface area contributed by atoms with E-state index in [2.05, 4.69) is 15.6 Å². The number of aromatic nitrogens is 2. The highest BCUT2D eigenvalue weighted by atomic mass is 16.2. The van der Waals surface area contributed by atoms with Gasteiger partial charge in [-0.3, -0.25) is 9.59 Å². The van der Waals surface area contributed by atoms with Gasteiger partial charge in [-0.2, -0.15) is 0 Å². The van der Waals surface area contributed by atoms with Gasteiger partial charge in [0.1, 0.15) is 12.4 Å². The van der Waals surface area contributed by atoms with Gasteiger partial charge in [-0.25, -0.2) is 4.98 Å². The van der Waals surface area contributed by atoms with E-state index in [9.17, 15) is 9.59 Å². The summed E-state index contributed by atoms with van der Waals surface area (Å²) in [6, 6.07) is 15.5. The number of carbonyl (C=O) groups excluding carboxylic acids is 2. The van der Waals surface area contributed by atoms with Crippen molar-refractivity contribution in [1.29, 1.82) is 0 Å². The molecule has 1 fully saturated rings. The highest BCUT2D eigenvalue weighted by molar-refractivity contribution is 5.94. The van der Waals surface area contributed by atoms with Crippen LogP contribution in [0.4, 0.5) is 0 Å². The lowest BCUT2D eigenvalue weighted by molar-refractivity contribution is -0.122. The van der Waals surface area contributed by atoms with Crippen molar-refractivity contribution in [3.05, 3.63) is 65.5 Å². The summed E-state index contributed by atoms with van der Waals surface area (Å²) in [5.74, 6) is 0.516. The number of aryl methyl sites for hydroxylation is 1. The zero-order valence-corrected chi connectivity index (χ0v) is 16.6. The standard InChI is InChI=1S/C23H26N4O2/c1-16-7-6-8-17(13-16)23(29)24-14-21-26-19-11-4-5-12-20(19)27(21)15-22(28)25-18-9-2-3-10-18/h4-8,11-13,18H,2-3,9-10,14-15H2,1H3,(H,24,29)(H,25,28). The molecule has 4 rings (SSSR count). The molecule has 29 heavy (non-hydrogen) atoms. The molecule has 0 unspecified atom stereocenters. The smallest absolute Gasteiger partial charge is 0.251 e. The molecule has 1 aliphatic carbocycles. The van der Waals surface area contributed by atoms with Gasteiger partial charge >= 0.3 is 0 Å². The first-order valence-corrected chi connectivity index (χ1v) is 10.2. The van der Waals surface area contributed by atoms with Crippen LogP contribution in [0.2, 0.25) is 0 Å². The average molecular weight is 390 g/mol. The Balaban J connectivity index is 1.51. The van der Waals surface area contributed by atoms with Crippen LogP contribution in [0.5, 0.6) is 0 Å². The number of nitrogens with zero attached hydrogens (tertiary/aromatic N) is 2. The first kappa shape index (κ1) is 19.2. The monoisotopic (exact) mass is 390 g/mol. The largest absolute Gasteiger partial charge is 0.352 e. The maximum absolute atomic E-state index is 12.6. The number of hydrogen-bond donors (Lipinski definition) is 2. The fourth-order valence-electron chi connectivity index (χ4n) is 3.97. The second-order valence-electron chi connectivity index (χ2n) is 7.70. The summed E-state index contributed by atoms with van der Waals surface area (Å²) in [5.41, 5.74) is 3.37. The summed E-state index contributed by atoms with van der Waals surface area (Å²) >= 11 is 0. The van der Waals surface area contributed by atoms with Crippen LogP contribution < -0.4 is 10.6 Å². The third-order valence-corrected chi connectivity index (χ3v) is 5.44. The summed E-state index contributed by atoms with van der Waals surface area (Å²) in [4.78, 5) is 29.8. The second kappa shape index (κ2) is 8.47. The van der Waals surface area contributed by atoms with Crippen LogP contribution in [0.25, 0.3) is 11.0 Å². The fraction of sp³-hybridized carbons (Fsp3) is 0.348. The Kier molecular flexibility index (Phi) is 5.60. The Hall–Kier alpha value is -3.15. The van der Waals surface area contributed by atoms with Crippen molar-refractivity contribution in [3.63, 3.8) is 0 Å². The summed E-state index contributed by atoms with van der Waals surface area (Å²) in [6.45, 7) is 2.42. The predicted molar refractivity (Wildman–Crippen MR) is 112 cm³/mol. The van der Waals surface area contributed by atoms with Gasteiger partial charge in [-0.05, 0) is 44.0 Å². The predicted octanol–water partition coefficient (Wildman–Crippen LogP) is 3.33. The van der Waals surface area contributed by atoms with Crippen molar-refractivity contribution in [2.24, 2.45) is 0 Å². The first-order valence-electron chi connectivity index (χ1n) is 10.2. The molecule has 1 aliphatic rings. The van der Waals surface area contributed by atoms with E-state index in [1.807, 2.05) is 54.0 Å². The molecule has 3 aromatic rings. The van der Waals surface area contributed by atoms with Crippen molar-refractivity contribution in [1.82, 2.24) is 20.2 Å². The molecule has 0 bridgehead atoms. The molecule has 0 spiro atoms. The molecule has 1 saturated carbocycles. The number of rotatable bonds is 6. The minimum atomic E-state index is -0.150. The highest BCUT2D eigenvalue weighted by Gasteiger charge is 2.19. The van der Waals surface area contributed by atoms with Crippen LogP contribution in [0, 0.1) is 6.92 Å². The number of benzene rings is 2. The van der Waals surface area contributed by atoms with E-state index < -0.39 is 0 Å². The topological polar surface area (TPSA) is 76.0 Å². The lowest BCUT2D eigenvalue weighted by Crippen LogP contribution is -2.35. The van der Waals surface area contributed by atoms with Crippen molar-refractivity contribution >= 4 is 22.8 Å². The number of fused-ring (bicyclic) bond motifs is 1. The van der Waals surface area contributed by atoms with Crippen molar-refractivity contribution in [3.8, 4) is 0 Å². The van der Waals surface area contributed by atoms with Crippen LogP contribution in [0.15, 0.2) is 48.5 Å². The molecule has 6 nitrogen and oxygen atoms in total. The van der Waals surface area contributed by atoms with Gasteiger partial charge in [0.25, 0.3) is 5.91 Å². The van der Waals surface area contributed by atoms with E-state index in [0.29, 0.717) is 11.4 Å². The van der Waals surface area contributed by atoms with Gasteiger partial charge in [-0.15, -0.1) is 0 Å². The van der Waals surface area contributed by atoms with Gasteiger partial charge in [-0.1, -0.05) is 42.7 Å². The molecule has 1 aromatic heterocycles. The summed E-state index contributed by atoms with van der Waals surface area (Å²) in [6.07, 6.45) is 4.45. The Bertz CT molecular complexity index is 1030. The zero-order chi connectivity index (χ0) is 20.2. The normalized spacial score (nSPS) is 14.2. The molecule has 0 saturated heterocycles. The summed E-state index contributed by atoms with van der Waals surface area (Å²) in [5, 5.41) is 6.07. The minimum absolute atomic E-state index is 0.00804. The Morgan fingerprint density at radius 2 is 1.90 bits per heavy atom. The average Bonchev–Trinajstić information content (AvgIpc) is 3.34. The third kappa shape index (κ3) is 4.47. The first-order chi connectivity index (χ1) is 14.1. The Labute approximate surface area is 170 Å². The molecular weight excluding hydrogens is 364 g/mol. The van der Waals surface area contributed by atoms with Crippen LogP contribution >= 0.6 is 0 Å². The third-order valence-electron chi connectivity index (χ3n) is 5.44. The molecule has 2 aromatic carbocycles. The molecular formula is C23H26N4O2. The molecule has 2 amide bonds. The van der Waals surface area contributed by atoms with Crippen LogP contribution in [-0.4, -0.2) is 27.4 Å². The van der Waals surface area contributed by atoms with Crippen molar-refractivity contribution in [2.75, 3.05) is 0 Å². The number of hydrogen-bond acceptors (Lipinski definition) is 3. The summed E-state index contributed by atoms with van der Waals surface area (Å²) < 4.78 is 1.90. The minimum Gasteiger partial charge on any atom is -0.352 e. The summed E-state index contributed by atoms with van der Waals surface area (Å²) in [7, 11) is 0. The van der Waals surface area contributed by atoms with Gasteiger partial charge in [0, 0.05) is 11.6 Å². The molecule has 1 heterocycles. The van der Waals surface area contributed by atoms with E-state index in [-0.39, 0.29) is 30.9 Å². The fourth-order valence-corrected chi connectivity index (χ4v) is 3.97. The number of para-hydroxylation sites is 2. The van der Waals surface area contributed by atoms with Crippen LogP contribution in [0.1, 0.15) is 47.4 Å². The SMILES string of the molecule is Cc1cccc(C(=O)NCc2nc3ccccc3n2CC(=O)NC2CCCC2)c1. The Morgan fingerprint density at radius 1 is 1.10 bits per heavy atom. The molecule has 0 radical (unpaired) electrons. The van der Waals surface area contributed by atoms with E-state index in [1.54, 1.807) is 6.07 Å². The van der Waals surface area contributed by atoms with E-state index in [0.717, 1.165) is 29.4 Å². The second-order valence-corrected chi connectivity index (χ2v) is 7.70. The van der Waals surface area contributed by atoms with E-state index in [4.69, 9.17) is 0 Å². The molecule has 2 N–H and O–H groups in total. The van der Waals surface area contributed by atoms with Gasteiger partial charge < -0.3 is 15.2 Å². The van der Waals surface area contributed by atoms with Crippen molar-refractivity contribution in [2.45, 2.75) is 51.7 Å². The molecule has 0 atom stereocenters. The van der Waals surface area contributed by atoms with Gasteiger partial charge in [0.15, 0.2) is 0 Å². The highest BCUT2D eigenvalue weighted by Crippen LogP contribution is 2.19. The van der Waals surface area contributed by atoms with Crippen LogP contribution in [-0.2, 0) is 17.9 Å². The molecule has 150 valence electrons. The van der Waals surface area contributed by atoms with E-state index in [1.165, 1.54) is 12.8 Å². The zero-order valence-electron chi connectivity index (χ0n) is 16.6. The quantitative estimate of drug-likeness (QED) is 0.678. The molecule has 6 heteroatoms. The maximum atomic E-state index is 12.6. The lowest BCUT2D eigenvalue weighted by atomic mass is 10.1. The molecule has 0 aliphatic heterocycles. The van der Waals surface area contributed by atoms with E-state index >= 15 is 0 Å². The Morgan fingerprint density at radius 3 is 2.69 bits per heavy atom. The number of carbonyl (C=O) groups is 2. The van der Waals surface area contributed by atoms with Gasteiger partial charge in [0.05, 0.1) is 17.6 Å². The number of imidazole rings is 1. The lowest BCUT2D eigenvalue weighted by Gasteiger charge is -2.14. The maximum Gasteiger partial charge on any atom is 0.251 e. The number of nitrogens with one attached hydrogen (secondary N) is 2. The van der Waals surface area contributed by atoms with Crippen molar-refractivity contribution < 1.29 is 9.59 Å². The van der Waals surface area contributed by atoms with Crippen LogP contribution in [0.3, 0.4) is 0 Å². The number of amides is 2.